The van der Waals surface area contributed by atoms with Gasteiger partial charge in [0.25, 0.3) is 0 Å². The minimum absolute atomic E-state index is 0.0612. The van der Waals surface area contributed by atoms with Crippen LogP contribution in [0.5, 0.6) is 0 Å². The zero-order chi connectivity index (χ0) is 15.0. The summed E-state index contributed by atoms with van der Waals surface area (Å²) in [6, 6.07) is 5.73. The molecular formula is C14H14BrClN2O2. The van der Waals surface area contributed by atoms with Gasteiger partial charge in [0.2, 0.25) is 0 Å². The van der Waals surface area contributed by atoms with Gasteiger partial charge in [0.15, 0.2) is 5.69 Å². The lowest BCUT2D eigenvalue weighted by Gasteiger charge is -2.13. The van der Waals surface area contributed by atoms with E-state index < -0.39 is 5.97 Å². The maximum absolute atomic E-state index is 11.2. The lowest BCUT2D eigenvalue weighted by atomic mass is 10.1. The smallest absolute Gasteiger partial charge is 0.358 e. The summed E-state index contributed by atoms with van der Waals surface area (Å²) in [5.74, 6) is -1.06. The third-order valence-electron chi connectivity index (χ3n) is 3.00. The average Bonchev–Trinajstić information content (AvgIpc) is 2.66. The number of carboxylic acid groups (broad SMARTS) is 1. The molecular weight excluding hydrogens is 344 g/mol. The topological polar surface area (TPSA) is 55.1 Å². The van der Waals surface area contributed by atoms with Crippen LogP contribution in [0.4, 0.5) is 0 Å². The van der Waals surface area contributed by atoms with Crippen LogP contribution in [0.25, 0.3) is 5.69 Å². The Kier molecular flexibility index (Phi) is 4.20. The summed E-state index contributed by atoms with van der Waals surface area (Å²) in [7, 11) is 0. The molecule has 1 N–H and O–H groups in total. The summed E-state index contributed by atoms with van der Waals surface area (Å²) in [6.45, 7) is 5.86. The van der Waals surface area contributed by atoms with Crippen LogP contribution in [0.3, 0.4) is 0 Å². The van der Waals surface area contributed by atoms with Crippen molar-refractivity contribution in [1.29, 1.82) is 0 Å². The van der Waals surface area contributed by atoms with Gasteiger partial charge in [-0.25, -0.2) is 9.48 Å². The van der Waals surface area contributed by atoms with Gasteiger partial charge in [-0.15, -0.1) is 0 Å². The van der Waals surface area contributed by atoms with Crippen LogP contribution in [0, 0.1) is 6.92 Å². The molecule has 0 radical (unpaired) electrons. The van der Waals surface area contributed by atoms with Crippen molar-refractivity contribution >= 4 is 33.5 Å². The zero-order valence-corrected chi connectivity index (χ0v) is 13.7. The van der Waals surface area contributed by atoms with Crippen molar-refractivity contribution in [2.45, 2.75) is 26.7 Å². The van der Waals surface area contributed by atoms with E-state index in [2.05, 4.69) is 21.0 Å². The molecule has 0 unspecified atom stereocenters. The van der Waals surface area contributed by atoms with Gasteiger partial charge in [-0.2, -0.15) is 5.10 Å². The van der Waals surface area contributed by atoms with E-state index in [0.29, 0.717) is 5.69 Å². The molecule has 0 aliphatic heterocycles. The molecule has 0 spiro atoms. The van der Waals surface area contributed by atoms with Crippen LogP contribution >= 0.6 is 27.5 Å². The van der Waals surface area contributed by atoms with Gasteiger partial charge >= 0.3 is 5.97 Å². The second-order valence-electron chi connectivity index (χ2n) is 4.85. The Morgan fingerprint density at radius 3 is 2.60 bits per heavy atom. The number of carbonyl (C=O) groups is 1. The second kappa shape index (κ2) is 5.58. The number of aromatic carboxylic acids is 1. The molecule has 0 amide bonds. The number of aromatic nitrogens is 2. The molecule has 0 aliphatic carbocycles. The first-order valence-corrected chi connectivity index (χ1v) is 7.28. The van der Waals surface area contributed by atoms with Gasteiger partial charge in [0, 0.05) is 4.47 Å². The van der Waals surface area contributed by atoms with E-state index in [0.717, 1.165) is 15.7 Å². The molecule has 0 atom stereocenters. The summed E-state index contributed by atoms with van der Waals surface area (Å²) in [6.07, 6.45) is 0. The molecule has 1 heterocycles. The van der Waals surface area contributed by atoms with Crippen LogP contribution in [-0.2, 0) is 0 Å². The summed E-state index contributed by atoms with van der Waals surface area (Å²) in [5, 5.41) is 13.5. The molecule has 2 rings (SSSR count). The fourth-order valence-corrected chi connectivity index (χ4v) is 2.98. The molecule has 6 heteroatoms. The van der Waals surface area contributed by atoms with E-state index in [1.807, 2.05) is 39.0 Å². The number of hydrogen-bond acceptors (Lipinski definition) is 2. The Balaban J connectivity index is 2.73. The minimum Gasteiger partial charge on any atom is -0.476 e. The maximum atomic E-state index is 11.2. The summed E-state index contributed by atoms with van der Waals surface area (Å²) < 4.78 is 2.58. The molecule has 2 aromatic rings. The van der Waals surface area contributed by atoms with Gasteiger partial charge in [0.05, 0.1) is 16.4 Å². The van der Waals surface area contributed by atoms with E-state index in [9.17, 15) is 9.90 Å². The van der Waals surface area contributed by atoms with Crippen molar-refractivity contribution in [2.24, 2.45) is 0 Å². The number of hydrogen-bond donors (Lipinski definition) is 1. The number of benzene rings is 1. The van der Waals surface area contributed by atoms with Gasteiger partial charge < -0.3 is 5.11 Å². The predicted octanol–water partition coefficient (Wildman–Crippen LogP) is 4.42. The van der Waals surface area contributed by atoms with Crippen molar-refractivity contribution < 1.29 is 9.90 Å². The van der Waals surface area contributed by atoms with Gasteiger partial charge in [0.1, 0.15) is 0 Å². The molecule has 0 aliphatic rings. The lowest BCUT2D eigenvalue weighted by molar-refractivity contribution is 0.0690. The number of aryl methyl sites for hydroxylation is 1. The number of rotatable bonds is 3. The van der Waals surface area contributed by atoms with Crippen LogP contribution < -0.4 is 0 Å². The van der Waals surface area contributed by atoms with Gasteiger partial charge in [-0.1, -0.05) is 41.4 Å². The molecule has 0 saturated carbocycles. The molecule has 1 aromatic heterocycles. The quantitative estimate of drug-likeness (QED) is 0.884. The molecule has 106 valence electrons. The highest BCUT2D eigenvalue weighted by Crippen LogP contribution is 2.31. The number of carboxylic acids is 1. The summed E-state index contributed by atoms with van der Waals surface area (Å²) >= 11 is 9.59. The predicted molar refractivity (Wildman–Crippen MR) is 82.1 cm³/mol. The Morgan fingerprint density at radius 2 is 2.10 bits per heavy atom. The van der Waals surface area contributed by atoms with Crippen LogP contribution in [0.15, 0.2) is 22.7 Å². The average molecular weight is 358 g/mol. The van der Waals surface area contributed by atoms with E-state index >= 15 is 0 Å². The highest BCUT2D eigenvalue weighted by atomic mass is 79.9. The van der Waals surface area contributed by atoms with Crippen molar-refractivity contribution in [3.05, 3.63) is 44.6 Å². The second-order valence-corrected chi connectivity index (χ2v) is 6.14. The standard InChI is InChI=1S/C14H14BrClN2O2/c1-7(2)13-11(16)12(14(19)20)17-18(13)10-5-4-9(15)6-8(10)3/h4-7H,1-3H3,(H,19,20). The first-order chi connectivity index (χ1) is 9.32. The van der Waals surface area contributed by atoms with Crippen LogP contribution in [-0.4, -0.2) is 20.9 Å². The molecule has 20 heavy (non-hydrogen) atoms. The highest BCUT2D eigenvalue weighted by Gasteiger charge is 2.24. The molecule has 0 bridgehead atoms. The fraction of sp³-hybridized carbons (Fsp3) is 0.286. The SMILES string of the molecule is Cc1cc(Br)ccc1-n1nc(C(=O)O)c(Cl)c1C(C)C. The Hall–Kier alpha value is -1.33. The van der Waals surface area contributed by atoms with E-state index in [-0.39, 0.29) is 16.6 Å². The Morgan fingerprint density at radius 1 is 1.45 bits per heavy atom. The number of nitrogens with zero attached hydrogens (tertiary/aromatic N) is 2. The highest BCUT2D eigenvalue weighted by molar-refractivity contribution is 9.10. The zero-order valence-electron chi connectivity index (χ0n) is 11.3. The lowest BCUT2D eigenvalue weighted by Crippen LogP contribution is -2.06. The fourth-order valence-electron chi connectivity index (χ4n) is 2.09. The molecule has 0 saturated heterocycles. The normalized spacial score (nSPS) is 11.1. The van der Waals surface area contributed by atoms with Gasteiger partial charge in [-0.3, -0.25) is 0 Å². The van der Waals surface area contributed by atoms with E-state index in [1.54, 1.807) is 4.68 Å². The van der Waals surface area contributed by atoms with E-state index in [4.69, 9.17) is 11.6 Å². The Labute approximate surface area is 130 Å². The number of halogens is 2. The van der Waals surface area contributed by atoms with Crippen molar-refractivity contribution in [2.75, 3.05) is 0 Å². The van der Waals surface area contributed by atoms with Crippen molar-refractivity contribution in [3.8, 4) is 5.69 Å². The largest absolute Gasteiger partial charge is 0.476 e. The Bertz CT molecular complexity index is 680. The third-order valence-corrected chi connectivity index (χ3v) is 3.86. The van der Waals surface area contributed by atoms with Crippen molar-refractivity contribution in [1.82, 2.24) is 9.78 Å². The van der Waals surface area contributed by atoms with Crippen molar-refractivity contribution in [3.63, 3.8) is 0 Å². The van der Waals surface area contributed by atoms with Crippen LogP contribution in [0.2, 0.25) is 5.02 Å². The first kappa shape index (κ1) is 15.1. The summed E-state index contributed by atoms with van der Waals surface area (Å²) in [4.78, 5) is 11.2. The molecule has 1 aromatic carbocycles. The van der Waals surface area contributed by atoms with Gasteiger partial charge in [-0.05, 0) is 36.6 Å². The van der Waals surface area contributed by atoms with E-state index in [1.165, 1.54) is 0 Å². The third kappa shape index (κ3) is 2.60. The monoisotopic (exact) mass is 356 g/mol. The molecule has 4 nitrogen and oxygen atoms in total. The summed E-state index contributed by atoms with van der Waals surface area (Å²) in [5.41, 5.74) is 2.40. The molecule has 0 fully saturated rings. The van der Waals surface area contributed by atoms with Crippen LogP contribution in [0.1, 0.15) is 41.5 Å². The maximum Gasteiger partial charge on any atom is 0.358 e. The first-order valence-electron chi connectivity index (χ1n) is 6.11. The minimum atomic E-state index is -1.12.